The van der Waals surface area contributed by atoms with E-state index < -0.39 is 5.60 Å². The molecule has 2 heterocycles. The lowest BCUT2D eigenvalue weighted by atomic mass is 10.0. The van der Waals surface area contributed by atoms with Crippen molar-refractivity contribution in [2.24, 2.45) is 0 Å². The van der Waals surface area contributed by atoms with Gasteiger partial charge < -0.3 is 9.47 Å². The number of fused-ring (bicyclic) bond motifs is 1. The van der Waals surface area contributed by atoms with E-state index in [1.807, 2.05) is 32.9 Å². The summed E-state index contributed by atoms with van der Waals surface area (Å²) in [5, 5.41) is 1.05. The Hall–Kier alpha value is -1.85. The first-order valence-electron chi connectivity index (χ1n) is 8.51. The zero-order chi connectivity index (χ0) is 17.3. The zero-order valence-corrected chi connectivity index (χ0v) is 14.9. The van der Waals surface area contributed by atoms with Gasteiger partial charge in [-0.15, -0.1) is 0 Å². The summed E-state index contributed by atoms with van der Waals surface area (Å²) in [6, 6.07) is 8.57. The molecule has 0 bridgehead atoms. The Morgan fingerprint density at radius 3 is 2.58 bits per heavy atom. The van der Waals surface area contributed by atoms with Crippen LogP contribution in [0, 0.1) is 0 Å². The molecular formula is C19H26N2O3. The van der Waals surface area contributed by atoms with Gasteiger partial charge in [0.2, 0.25) is 0 Å². The number of rotatable bonds is 2. The standard InChI is InChI=1S/C19H26N2O3/c1-14(20-9-11-23-12-10-20)15-5-6-17-16(13-15)7-8-21(17)18(22)24-19(2,3)4/h5-8,13-14H,9-12H2,1-4H3. The van der Waals surface area contributed by atoms with Gasteiger partial charge in [-0.2, -0.15) is 0 Å². The lowest BCUT2D eigenvalue weighted by Gasteiger charge is -2.32. The second-order valence-corrected chi connectivity index (χ2v) is 7.31. The van der Waals surface area contributed by atoms with Crippen LogP contribution in [0.5, 0.6) is 0 Å². The lowest BCUT2D eigenvalue weighted by Crippen LogP contribution is -2.38. The molecule has 0 N–H and O–H groups in total. The topological polar surface area (TPSA) is 43.7 Å². The van der Waals surface area contributed by atoms with E-state index in [1.165, 1.54) is 5.56 Å². The monoisotopic (exact) mass is 330 g/mol. The maximum atomic E-state index is 12.3. The highest BCUT2D eigenvalue weighted by atomic mass is 16.6. The first kappa shape index (κ1) is 17.0. The Morgan fingerprint density at radius 1 is 1.21 bits per heavy atom. The van der Waals surface area contributed by atoms with Gasteiger partial charge in [0, 0.05) is 30.7 Å². The van der Waals surface area contributed by atoms with Gasteiger partial charge in [0.15, 0.2) is 0 Å². The number of hydrogen-bond acceptors (Lipinski definition) is 4. The van der Waals surface area contributed by atoms with Gasteiger partial charge in [0.1, 0.15) is 5.60 Å². The molecule has 1 aromatic carbocycles. The molecule has 0 radical (unpaired) electrons. The van der Waals surface area contributed by atoms with Gasteiger partial charge in [-0.05, 0) is 51.5 Å². The minimum Gasteiger partial charge on any atom is -0.443 e. The van der Waals surface area contributed by atoms with E-state index in [9.17, 15) is 4.79 Å². The van der Waals surface area contributed by atoms with Crippen molar-refractivity contribution in [3.63, 3.8) is 0 Å². The number of carbonyl (C=O) groups excluding carboxylic acids is 1. The van der Waals surface area contributed by atoms with E-state index in [0.717, 1.165) is 37.2 Å². The Labute approximate surface area is 143 Å². The molecule has 1 aromatic heterocycles. The van der Waals surface area contributed by atoms with Crippen molar-refractivity contribution in [2.75, 3.05) is 26.3 Å². The fourth-order valence-electron chi connectivity index (χ4n) is 3.07. The highest BCUT2D eigenvalue weighted by molar-refractivity contribution is 5.90. The lowest BCUT2D eigenvalue weighted by molar-refractivity contribution is 0.0199. The van der Waals surface area contributed by atoms with Crippen LogP contribution in [0.4, 0.5) is 4.79 Å². The molecule has 1 aliphatic heterocycles. The molecule has 1 fully saturated rings. The third-order valence-electron chi connectivity index (χ3n) is 4.38. The summed E-state index contributed by atoms with van der Waals surface area (Å²) in [5.41, 5.74) is 1.63. The third-order valence-corrected chi connectivity index (χ3v) is 4.38. The highest BCUT2D eigenvalue weighted by Crippen LogP contribution is 2.26. The van der Waals surface area contributed by atoms with Gasteiger partial charge in [-0.1, -0.05) is 6.07 Å². The minimum absolute atomic E-state index is 0.336. The molecule has 0 spiro atoms. The normalized spacial score (nSPS) is 17.8. The first-order valence-corrected chi connectivity index (χ1v) is 8.51. The highest BCUT2D eigenvalue weighted by Gasteiger charge is 2.21. The Balaban J connectivity index is 1.84. The number of benzene rings is 1. The van der Waals surface area contributed by atoms with Gasteiger partial charge in [-0.25, -0.2) is 4.79 Å². The maximum Gasteiger partial charge on any atom is 0.418 e. The average Bonchev–Trinajstić information content (AvgIpc) is 2.96. The van der Waals surface area contributed by atoms with E-state index in [2.05, 4.69) is 24.0 Å². The summed E-state index contributed by atoms with van der Waals surface area (Å²) >= 11 is 0. The van der Waals surface area contributed by atoms with E-state index >= 15 is 0 Å². The van der Waals surface area contributed by atoms with E-state index in [-0.39, 0.29) is 6.09 Å². The molecule has 1 aliphatic rings. The molecule has 3 rings (SSSR count). The fourth-order valence-corrected chi connectivity index (χ4v) is 3.07. The molecule has 0 aliphatic carbocycles. The summed E-state index contributed by atoms with van der Waals surface area (Å²) in [4.78, 5) is 14.7. The van der Waals surface area contributed by atoms with Gasteiger partial charge in [-0.3, -0.25) is 9.47 Å². The van der Waals surface area contributed by atoms with Crippen LogP contribution in [-0.4, -0.2) is 47.5 Å². The van der Waals surface area contributed by atoms with Crippen LogP contribution in [0.1, 0.15) is 39.3 Å². The molecule has 5 nitrogen and oxygen atoms in total. The largest absolute Gasteiger partial charge is 0.443 e. The molecule has 0 saturated carbocycles. The smallest absolute Gasteiger partial charge is 0.418 e. The Kier molecular flexibility index (Phi) is 4.65. The number of carbonyl (C=O) groups is 1. The van der Waals surface area contributed by atoms with Gasteiger partial charge >= 0.3 is 6.09 Å². The summed E-state index contributed by atoms with van der Waals surface area (Å²) < 4.78 is 12.5. The number of aromatic nitrogens is 1. The van der Waals surface area contributed by atoms with Crippen LogP contribution in [0.2, 0.25) is 0 Å². The molecular weight excluding hydrogens is 304 g/mol. The van der Waals surface area contributed by atoms with Crippen molar-refractivity contribution in [1.82, 2.24) is 9.47 Å². The van der Waals surface area contributed by atoms with E-state index in [0.29, 0.717) is 6.04 Å². The predicted octanol–water partition coefficient (Wildman–Crippen LogP) is 3.82. The number of nitrogens with zero attached hydrogens (tertiary/aromatic N) is 2. The summed E-state index contributed by atoms with van der Waals surface area (Å²) in [6.07, 6.45) is 1.44. The first-order chi connectivity index (χ1) is 11.3. The predicted molar refractivity (Wildman–Crippen MR) is 94.4 cm³/mol. The summed E-state index contributed by atoms with van der Waals surface area (Å²) in [6.45, 7) is 11.3. The number of ether oxygens (including phenoxy) is 2. The van der Waals surface area contributed by atoms with Crippen LogP contribution in [-0.2, 0) is 9.47 Å². The molecule has 1 saturated heterocycles. The molecule has 0 amide bonds. The van der Waals surface area contributed by atoms with Crippen molar-refractivity contribution in [3.05, 3.63) is 36.0 Å². The minimum atomic E-state index is -0.502. The zero-order valence-electron chi connectivity index (χ0n) is 14.9. The van der Waals surface area contributed by atoms with Crippen LogP contribution < -0.4 is 0 Å². The third kappa shape index (κ3) is 3.62. The van der Waals surface area contributed by atoms with Crippen LogP contribution in [0.3, 0.4) is 0 Å². The second-order valence-electron chi connectivity index (χ2n) is 7.31. The SMILES string of the molecule is CC(c1ccc2c(ccn2C(=O)OC(C)(C)C)c1)N1CCOCC1. The van der Waals surface area contributed by atoms with Crippen LogP contribution >= 0.6 is 0 Å². The molecule has 1 unspecified atom stereocenters. The maximum absolute atomic E-state index is 12.3. The molecule has 1 atom stereocenters. The molecule has 130 valence electrons. The molecule has 5 heteroatoms. The Morgan fingerprint density at radius 2 is 1.92 bits per heavy atom. The van der Waals surface area contributed by atoms with Gasteiger partial charge in [0.05, 0.1) is 18.7 Å². The quantitative estimate of drug-likeness (QED) is 0.840. The number of morpholine rings is 1. The Bertz CT molecular complexity index is 724. The van der Waals surface area contributed by atoms with Crippen LogP contribution in [0.25, 0.3) is 10.9 Å². The van der Waals surface area contributed by atoms with E-state index in [4.69, 9.17) is 9.47 Å². The van der Waals surface area contributed by atoms with Crippen LogP contribution in [0.15, 0.2) is 30.5 Å². The van der Waals surface area contributed by atoms with Crippen molar-refractivity contribution >= 4 is 17.0 Å². The van der Waals surface area contributed by atoms with E-state index in [1.54, 1.807) is 10.8 Å². The molecule has 2 aromatic rings. The van der Waals surface area contributed by atoms with Crippen molar-refractivity contribution in [1.29, 1.82) is 0 Å². The summed E-state index contributed by atoms with van der Waals surface area (Å²) in [7, 11) is 0. The fraction of sp³-hybridized carbons (Fsp3) is 0.526. The van der Waals surface area contributed by atoms with Crippen molar-refractivity contribution < 1.29 is 14.3 Å². The number of hydrogen-bond donors (Lipinski definition) is 0. The van der Waals surface area contributed by atoms with Crippen molar-refractivity contribution in [3.8, 4) is 0 Å². The van der Waals surface area contributed by atoms with Gasteiger partial charge in [0.25, 0.3) is 0 Å². The average molecular weight is 330 g/mol. The van der Waals surface area contributed by atoms with Crippen molar-refractivity contribution in [2.45, 2.75) is 39.3 Å². The molecule has 24 heavy (non-hydrogen) atoms. The summed E-state index contributed by atoms with van der Waals surface area (Å²) in [5.74, 6) is 0. The second kappa shape index (κ2) is 6.57.